The fourth-order valence-corrected chi connectivity index (χ4v) is 11.1. The highest BCUT2D eigenvalue weighted by molar-refractivity contribution is 5.76. The molecule has 80 heavy (non-hydrogen) atoms. The predicted molar refractivity (Wildman–Crippen MR) is 305 cm³/mol. The van der Waals surface area contributed by atoms with Crippen molar-refractivity contribution in [2.45, 2.75) is 343 Å². The van der Waals surface area contributed by atoms with Gasteiger partial charge in [-0.05, 0) is 19.3 Å². The first-order chi connectivity index (χ1) is 38.8. The lowest BCUT2D eigenvalue weighted by atomic mass is 9.96. The van der Waals surface area contributed by atoms with Crippen molar-refractivity contribution in [3.05, 3.63) is 12.2 Å². The minimum absolute atomic E-state index is 0.220. The Kier molecular flexibility index (Phi) is 40.9. The molecule has 0 radical (unpaired) electrons. The van der Waals surface area contributed by atoms with Gasteiger partial charge in [-0.15, -0.1) is 0 Å². The second-order valence-electron chi connectivity index (χ2n) is 23.2. The van der Waals surface area contributed by atoms with E-state index in [1.807, 2.05) is 13.0 Å². The monoisotopic (exact) mass is 1150 g/mol. The summed E-state index contributed by atoms with van der Waals surface area (Å²) in [5.74, 6) is -0.309. The number of aliphatic hydroxyl groups is 11. The van der Waals surface area contributed by atoms with Crippen LogP contribution in [0.4, 0.5) is 0 Å². The SMILES string of the molecule is CCCCCCCCCCCCCCCCCCCCCCCCCCCCCCCCC/C=C/C(O)C(COC1OC(CO)C(OC2OC(CO)C(OC3OC(CO)C(O)C(O)C3O)C(O)C2O)C(O)C1O)NC(=O)CCCC. The molecular formula is C61H115NO18. The van der Waals surface area contributed by atoms with Gasteiger partial charge >= 0.3 is 0 Å². The topological polar surface area (TPSA) is 307 Å². The number of hydrogen-bond donors (Lipinski definition) is 12. The van der Waals surface area contributed by atoms with Gasteiger partial charge in [0, 0.05) is 6.42 Å². The Morgan fingerprint density at radius 2 is 0.775 bits per heavy atom. The van der Waals surface area contributed by atoms with E-state index in [2.05, 4.69) is 12.2 Å². The molecule has 1 amide bonds. The fourth-order valence-electron chi connectivity index (χ4n) is 11.1. The lowest BCUT2D eigenvalue weighted by Gasteiger charge is -2.48. The quantitative estimate of drug-likeness (QED) is 0.0227. The summed E-state index contributed by atoms with van der Waals surface area (Å²) >= 11 is 0. The third kappa shape index (κ3) is 28.2. The standard InChI is InChI=1S/C61H115NO18/c1-3-5-7-8-9-10-11-12-13-14-15-16-17-18-19-20-21-22-23-24-25-26-27-28-29-30-31-32-33-34-35-36-37-38-45(66)44(62-49(67)39-6-4-2)43-75-59-55(73)52(70)57(47(41-64)77-59)80-61-56(74)53(71)58(48(42-65)78-61)79-60-54(72)51(69)50(68)46(40-63)76-60/h37-38,44-48,50-61,63-66,68-74H,3-36,39-43H2,1-2H3,(H,62,67)/b38-37+. The van der Waals surface area contributed by atoms with Crippen molar-refractivity contribution in [3.63, 3.8) is 0 Å². The van der Waals surface area contributed by atoms with Gasteiger partial charge in [0.25, 0.3) is 0 Å². The average Bonchev–Trinajstić information content (AvgIpc) is 3.55. The number of carbonyl (C=O) groups excluding carboxylic acids is 1. The van der Waals surface area contributed by atoms with E-state index in [1.54, 1.807) is 6.08 Å². The van der Waals surface area contributed by atoms with Crippen LogP contribution in [0.1, 0.15) is 239 Å². The summed E-state index contributed by atoms with van der Waals surface area (Å²) in [6, 6.07) is -0.964. The molecule has 3 saturated heterocycles. The largest absolute Gasteiger partial charge is 0.394 e. The van der Waals surface area contributed by atoms with Crippen molar-refractivity contribution in [2.24, 2.45) is 0 Å². The third-order valence-electron chi connectivity index (χ3n) is 16.3. The molecule has 3 aliphatic rings. The van der Waals surface area contributed by atoms with Gasteiger partial charge in [-0.3, -0.25) is 4.79 Å². The van der Waals surface area contributed by atoms with E-state index in [-0.39, 0.29) is 18.9 Å². The number of unbranched alkanes of at least 4 members (excludes halogenated alkanes) is 32. The molecule has 0 aromatic rings. The summed E-state index contributed by atoms with van der Waals surface area (Å²) in [5, 5.41) is 119. The summed E-state index contributed by atoms with van der Waals surface area (Å²) in [5.41, 5.74) is 0. The molecule has 0 saturated carbocycles. The van der Waals surface area contributed by atoms with E-state index in [0.717, 1.165) is 32.1 Å². The summed E-state index contributed by atoms with van der Waals surface area (Å²) in [7, 11) is 0. The van der Waals surface area contributed by atoms with Crippen molar-refractivity contribution in [1.82, 2.24) is 5.32 Å². The molecule has 3 fully saturated rings. The summed E-state index contributed by atoms with van der Waals surface area (Å²) in [4.78, 5) is 12.8. The Balaban J connectivity index is 1.26. The minimum atomic E-state index is -1.97. The molecule has 17 unspecified atom stereocenters. The third-order valence-corrected chi connectivity index (χ3v) is 16.3. The van der Waals surface area contributed by atoms with E-state index in [9.17, 15) is 61.0 Å². The Hall–Kier alpha value is -1.47. The van der Waals surface area contributed by atoms with E-state index >= 15 is 0 Å². The van der Waals surface area contributed by atoms with Crippen LogP contribution in [0.3, 0.4) is 0 Å². The zero-order valence-corrected chi connectivity index (χ0v) is 49.3. The second kappa shape index (κ2) is 44.9. The Morgan fingerprint density at radius 3 is 1.16 bits per heavy atom. The molecule has 3 heterocycles. The van der Waals surface area contributed by atoms with Crippen LogP contribution in [-0.2, 0) is 33.2 Å². The first-order valence-electron chi connectivity index (χ1n) is 31.9. The Bertz CT molecular complexity index is 1510. The maximum atomic E-state index is 12.8. The van der Waals surface area contributed by atoms with Crippen molar-refractivity contribution >= 4 is 5.91 Å². The maximum Gasteiger partial charge on any atom is 0.220 e. The van der Waals surface area contributed by atoms with Crippen LogP contribution in [0.2, 0.25) is 0 Å². The molecule has 19 nitrogen and oxygen atoms in total. The van der Waals surface area contributed by atoms with Crippen LogP contribution in [0.25, 0.3) is 0 Å². The normalized spacial score (nSPS) is 30.0. The van der Waals surface area contributed by atoms with Gasteiger partial charge in [-0.2, -0.15) is 0 Å². The van der Waals surface area contributed by atoms with Crippen LogP contribution in [0, 0.1) is 0 Å². The maximum absolute atomic E-state index is 12.8. The molecule has 0 aliphatic carbocycles. The van der Waals surface area contributed by atoms with Gasteiger partial charge in [0.15, 0.2) is 18.9 Å². The Labute approximate surface area is 480 Å². The highest BCUT2D eigenvalue weighted by atomic mass is 16.8. The number of aliphatic hydroxyl groups excluding tert-OH is 11. The lowest BCUT2D eigenvalue weighted by molar-refractivity contribution is -0.379. The van der Waals surface area contributed by atoms with Gasteiger partial charge in [-0.1, -0.05) is 225 Å². The van der Waals surface area contributed by atoms with Gasteiger partial charge in [-0.25, -0.2) is 0 Å². The summed E-state index contributed by atoms with van der Waals surface area (Å²) in [6.45, 7) is 1.47. The van der Waals surface area contributed by atoms with Gasteiger partial charge in [0.05, 0.1) is 38.6 Å². The number of amides is 1. The first-order valence-corrected chi connectivity index (χ1v) is 31.9. The molecule has 0 aromatic heterocycles. The molecule has 0 bridgehead atoms. The molecule has 3 aliphatic heterocycles. The highest BCUT2D eigenvalue weighted by Gasteiger charge is 2.53. The minimum Gasteiger partial charge on any atom is -0.394 e. The molecule has 17 atom stereocenters. The molecule has 12 N–H and O–H groups in total. The molecular weight excluding hydrogens is 1030 g/mol. The smallest absolute Gasteiger partial charge is 0.220 e. The molecule has 472 valence electrons. The van der Waals surface area contributed by atoms with Crippen LogP contribution >= 0.6 is 0 Å². The molecule has 0 spiro atoms. The van der Waals surface area contributed by atoms with E-state index in [0.29, 0.717) is 6.42 Å². The molecule has 0 aromatic carbocycles. The van der Waals surface area contributed by atoms with Crippen LogP contribution in [0.15, 0.2) is 12.2 Å². The van der Waals surface area contributed by atoms with Crippen molar-refractivity contribution in [2.75, 3.05) is 26.4 Å². The van der Waals surface area contributed by atoms with Crippen molar-refractivity contribution < 1.29 is 89.4 Å². The highest BCUT2D eigenvalue weighted by Crippen LogP contribution is 2.33. The van der Waals surface area contributed by atoms with Gasteiger partial charge in [0.1, 0.15) is 73.2 Å². The molecule has 19 heteroatoms. The first kappa shape index (κ1) is 72.8. The van der Waals surface area contributed by atoms with Gasteiger partial charge in [0.2, 0.25) is 5.91 Å². The Morgan fingerprint density at radius 1 is 0.438 bits per heavy atom. The van der Waals surface area contributed by atoms with E-state index in [1.165, 1.54) is 180 Å². The zero-order chi connectivity index (χ0) is 58.3. The van der Waals surface area contributed by atoms with Crippen molar-refractivity contribution in [3.8, 4) is 0 Å². The average molecular weight is 1150 g/mol. The van der Waals surface area contributed by atoms with E-state index in [4.69, 9.17) is 28.4 Å². The number of carbonyl (C=O) groups is 1. The number of hydrogen-bond acceptors (Lipinski definition) is 18. The number of ether oxygens (including phenoxy) is 6. The second-order valence-corrected chi connectivity index (χ2v) is 23.2. The van der Waals surface area contributed by atoms with Crippen molar-refractivity contribution in [1.29, 1.82) is 0 Å². The number of nitrogens with one attached hydrogen (secondary N) is 1. The van der Waals surface area contributed by atoms with Gasteiger partial charge < -0.3 is 89.9 Å². The fraction of sp³-hybridized carbons (Fsp3) is 0.951. The zero-order valence-electron chi connectivity index (χ0n) is 49.3. The summed E-state index contributed by atoms with van der Waals surface area (Å²) in [6.07, 6.45) is 21.2. The number of rotatable bonds is 48. The van der Waals surface area contributed by atoms with Crippen LogP contribution < -0.4 is 5.32 Å². The predicted octanol–water partition coefficient (Wildman–Crippen LogP) is 6.55. The lowest BCUT2D eigenvalue weighted by Crippen LogP contribution is -2.66. The summed E-state index contributed by atoms with van der Waals surface area (Å²) < 4.78 is 34.0. The van der Waals surface area contributed by atoms with Crippen LogP contribution in [-0.4, -0.2) is 193 Å². The van der Waals surface area contributed by atoms with Crippen LogP contribution in [0.5, 0.6) is 0 Å². The molecule has 3 rings (SSSR count). The number of allylic oxidation sites excluding steroid dienone is 1. The van der Waals surface area contributed by atoms with E-state index < -0.39 is 124 Å².